The van der Waals surface area contributed by atoms with Crippen LogP contribution in [-0.2, 0) is 30.3 Å². The highest BCUT2D eigenvalue weighted by molar-refractivity contribution is 7.97. The van der Waals surface area contributed by atoms with E-state index in [1.54, 1.807) is 0 Å². The third kappa shape index (κ3) is 4.99. The molecule has 0 atom stereocenters. The van der Waals surface area contributed by atoms with Gasteiger partial charge in [-0.05, 0) is 65.9 Å². The van der Waals surface area contributed by atoms with Crippen molar-refractivity contribution in [2.75, 3.05) is 13.2 Å². The van der Waals surface area contributed by atoms with Crippen molar-refractivity contribution in [2.45, 2.75) is 34.1 Å². The minimum atomic E-state index is -0.256. The van der Waals surface area contributed by atoms with E-state index in [1.807, 2.05) is 12.1 Å². The summed E-state index contributed by atoms with van der Waals surface area (Å²) in [4.78, 5) is 3.61. The standard InChI is InChI=1S/C23H25O3S/c24-15-13-18-1-7-21(8-2-18)27(23-11-5-20(17-26)6-12-23)22-9-3-19(4-10-22)14-16-25/h1-12,24-26H,13-17H2/q+1. The number of hydrogen-bond donors (Lipinski definition) is 3. The van der Waals surface area contributed by atoms with E-state index in [4.69, 9.17) is 10.2 Å². The number of aliphatic hydroxyl groups is 3. The molecule has 0 saturated heterocycles. The average Bonchev–Trinajstić information content (AvgIpc) is 2.72. The van der Waals surface area contributed by atoms with Crippen molar-refractivity contribution < 1.29 is 15.3 Å². The molecule has 3 rings (SSSR count). The fourth-order valence-corrected chi connectivity index (χ4v) is 5.02. The maximum atomic E-state index is 9.32. The van der Waals surface area contributed by atoms with Gasteiger partial charge >= 0.3 is 0 Å². The molecule has 3 aromatic rings. The van der Waals surface area contributed by atoms with Crippen molar-refractivity contribution in [1.29, 1.82) is 0 Å². The zero-order valence-electron chi connectivity index (χ0n) is 15.2. The molecule has 0 unspecified atom stereocenters. The molecule has 3 aromatic carbocycles. The van der Waals surface area contributed by atoms with E-state index in [1.165, 1.54) is 14.7 Å². The van der Waals surface area contributed by atoms with Crippen LogP contribution in [0.3, 0.4) is 0 Å². The van der Waals surface area contributed by atoms with E-state index in [9.17, 15) is 5.11 Å². The first-order valence-electron chi connectivity index (χ1n) is 9.09. The highest BCUT2D eigenvalue weighted by Crippen LogP contribution is 2.32. The molecule has 0 amide bonds. The van der Waals surface area contributed by atoms with E-state index >= 15 is 0 Å². The quantitative estimate of drug-likeness (QED) is 0.525. The largest absolute Gasteiger partial charge is 0.396 e. The van der Waals surface area contributed by atoms with E-state index in [0.717, 1.165) is 16.7 Å². The maximum absolute atomic E-state index is 9.32. The molecule has 0 bridgehead atoms. The second-order valence-corrected chi connectivity index (χ2v) is 8.37. The third-order valence-corrected chi connectivity index (χ3v) is 6.69. The van der Waals surface area contributed by atoms with Gasteiger partial charge in [-0.2, -0.15) is 0 Å². The Hall–Kier alpha value is -2.11. The summed E-state index contributed by atoms with van der Waals surface area (Å²) in [7, 11) is -0.256. The van der Waals surface area contributed by atoms with Gasteiger partial charge in [-0.15, -0.1) is 0 Å². The fourth-order valence-electron chi connectivity index (χ4n) is 2.98. The molecule has 0 aliphatic heterocycles. The van der Waals surface area contributed by atoms with Gasteiger partial charge in [-0.3, -0.25) is 0 Å². The average molecular weight is 382 g/mol. The zero-order chi connectivity index (χ0) is 19.1. The molecule has 0 fully saturated rings. The summed E-state index contributed by atoms with van der Waals surface area (Å²) in [6, 6.07) is 24.9. The van der Waals surface area contributed by atoms with Crippen molar-refractivity contribution >= 4 is 10.9 Å². The maximum Gasteiger partial charge on any atom is 0.166 e. The molecule has 0 heterocycles. The molecular formula is C23H25O3S+. The van der Waals surface area contributed by atoms with Crippen LogP contribution in [0.5, 0.6) is 0 Å². The molecule has 0 aromatic heterocycles. The van der Waals surface area contributed by atoms with Crippen molar-refractivity contribution in [2.24, 2.45) is 0 Å². The number of rotatable bonds is 8. The normalized spacial score (nSPS) is 11.1. The minimum Gasteiger partial charge on any atom is -0.396 e. The van der Waals surface area contributed by atoms with Gasteiger partial charge in [0, 0.05) is 13.2 Å². The Morgan fingerprint density at radius 2 is 0.815 bits per heavy atom. The molecule has 0 spiro atoms. The van der Waals surface area contributed by atoms with Crippen molar-refractivity contribution in [3.8, 4) is 0 Å². The Balaban J connectivity index is 1.99. The molecular weight excluding hydrogens is 356 g/mol. The highest BCUT2D eigenvalue weighted by atomic mass is 32.2. The monoisotopic (exact) mass is 381 g/mol. The lowest BCUT2D eigenvalue weighted by atomic mass is 10.2. The van der Waals surface area contributed by atoms with Crippen molar-refractivity contribution in [1.82, 2.24) is 0 Å². The Bertz CT molecular complexity index is 778. The van der Waals surface area contributed by atoms with Crippen LogP contribution in [-0.4, -0.2) is 28.5 Å². The van der Waals surface area contributed by atoms with E-state index < -0.39 is 0 Å². The molecule has 0 aliphatic carbocycles. The lowest BCUT2D eigenvalue weighted by Crippen LogP contribution is -2.06. The van der Waals surface area contributed by atoms with Gasteiger partial charge < -0.3 is 15.3 Å². The topological polar surface area (TPSA) is 60.7 Å². The van der Waals surface area contributed by atoms with Crippen LogP contribution in [0.15, 0.2) is 87.5 Å². The van der Waals surface area contributed by atoms with Crippen LogP contribution < -0.4 is 0 Å². The molecule has 140 valence electrons. The van der Waals surface area contributed by atoms with Gasteiger partial charge in [0.1, 0.15) is 0 Å². The van der Waals surface area contributed by atoms with Crippen LogP contribution in [0.25, 0.3) is 0 Å². The SMILES string of the molecule is OCCc1ccc([S+](c2ccc(CO)cc2)c2ccc(CCO)cc2)cc1. The van der Waals surface area contributed by atoms with Crippen LogP contribution in [0.4, 0.5) is 0 Å². The predicted octanol–water partition coefficient (Wildman–Crippen LogP) is 3.34. The Labute approximate surface area is 163 Å². The highest BCUT2D eigenvalue weighted by Gasteiger charge is 2.28. The van der Waals surface area contributed by atoms with Crippen molar-refractivity contribution in [3.63, 3.8) is 0 Å². The van der Waals surface area contributed by atoms with Gasteiger partial charge in [0.25, 0.3) is 0 Å². The Morgan fingerprint density at radius 1 is 0.481 bits per heavy atom. The summed E-state index contributed by atoms with van der Waals surface area (Å²) in [6.07, 6.45) is 1.32. The van der Waals surface area contributed by atoms with Gasteiger partial charge in [0.15, 0.2) is 14.7 Å². The van der Waals surface area contributed by atoms with Crippen LogP contribution in [0.1, 0.15) is 16.7 Å². The second-order valence-electron chi connectivity index (χ2n) is 6.34. The lowest BCUT2D eigenvalue weighted by molar-refractivity contribution is 0.282. The lowest BCUT2D eigenvalue weighted by Gasteiger charge is -2.10. The number of aliphatic hydroxyl groups excluding tert-OH is 3. The molecule has 0 radical (unpaired) electrons. The summed E-state index contributed by atoms with van der Waals surface area (Å²) in [5, 5.41) is 27.6. The van der Waals surface area contributed by atoms with Crippen LogP contribution in [0.2, 0.25) is 0 Å². The first-order chi connectivity index (χ1) is 13.2. The van der Waals surface area contributed by atoms with E-state index in [-0.39, 0.29) is 30.7 Å². The summed E-state index contributed by atoms with van der Waals surface area (Å²) < 4.78 is 0. The zero-order valence-corrected chi connectivity index (χ0v) is 16.0. The molecule has 27 heavy (non-hydrogen) atoms. The predicted molar refractivity (Wildman–Crippen MR) is 109 cm³/mol. The smallest absolute Gasteiger partial charge is 0.166 e. The van der Waals surface area contributed by atoms with Gasteiger partial charge in [0.2, 0.25) is 0 Å². The number of hydrogen-bond acceptors (Lipinski definition) is 3. The molecule has 0 aliphatic rings. The first-order valence-corrected chi connectivity index (χ1v) is 10.3. The van der Waals surface area contributed by atoms with Gasteiger partial charge in [-0.25, -0.2) is 0 Å². The minimum absolute atomic E-state index is 0.0414. The summed E-state index contributed by atoms with van der Waals surface area (Å²) >= 11 is 0. The van der Waals surface area contributed by atoms with E-state index in [2.05, 4.69) is 60.7 Å². The summed E-state index contributed by atoms with van der Waals surface area (Å²) in [5.41, 5.74) is 3.15. The van der Waals surface area contributed by atoms with E-state index in [0.29, 0.717) is 12.8 Å². The third-order valence-electron chi connectivity index (χ3n) is 4.46. The van der Waals surface area contributed by atoms with Crippen molar-refractivity contribution in [3.05, 3.63) is 89.5 Å². The molecule has 4 heteroatoms. The van der Waals surface area contributed by atoms with Crippen LogP contribution in [0, 0.1) is 0 Å². The van der Waals surface area contributed by atoms with Crippen LogP contribution >= 0.6 is 0 Å². The Morgan fingerprint density at radius 3 is 1.11 bits per heavy atom. The summed E-state index contributed by atoms with van der Waals surface area (Å²) in [6.45, 7) is 0.347. The second kappa shape index (κ2) is 9.72. The van der Waals surface area contributed by atoms with Gasteiger partial charge in [0.05, 0.1) is 17.5 Å². The Kier molecular flexibility index (Phi) is 7.07. The summed E-state index contributed by atoms with van der Waals surface area (Å²) in [5.74, 6) is 0. The number of benzene rings is 3. The molecule has 3 nitrogen and oxygen atoms in total. The molecule has 0 saturated carbocycles. The first kappa shape index (κ1) is 19.6. The fraction of sp³-hybridized carbons (Fsp3) is 0.217. The van der Waals surface area contributed by atoms with Gasteiger partial charge in [-0.1, -0.05) is 36.4 Å². The molecule has 3 N–H and O–H groups in total.